The summed E-state index contributed by atoms with van der Waals surface area (Å²) in [4.78, 5) is 9.05. The van der Waals surface area contributed by atoms with E-state index in [0.29, 0.717) is 24.3 Å². The minimum absolute atomic E-state index is 0.572. The van der Waals surface area contributed by atoms with Gasteiger partial charge in [0.05, 0.1) is 13.2 Å². The molecule has 0 bridgehead atoms. The summed E-state index contributed by atoms with van der Waals surface area (Å²) in [5, 5.41) is 7.49. The third kappa shape index (κ3) is 6.59. The third-order valence-corrected chi connectivity index (χ3v) is 5.26. The van der Waals surface area contributed by atoms with Crippen molar-refractivity contribution < 1.29 is 4.74 Å². The maximum atomic E-state index is 5.79. The van der Waals surface area contributed by atoms with Crippen LogP contribution in [0.15, 0.2) is 23.3 Å². The van der Waals surface area contributed by atoms with E-state index in [1.165, 1.54) is 18.6 Å². The van der Waals surface area contributed by atoms with E-state index in [0.717, 1.165) is 37.5 Å². The van der Waals surface area contributed by atoms with Crippen LogP contribution < -0.4 is 15.4 Å². The van der Waals surface area contributed by atoms with Crippen LogP contribution in [0.4, 0.5) is 0 Å². The number of rotatable bonds is 9. The lowest BCUT2D eigenvalue weighted by molar-refractivity contribution is 0.294. The van der Waals surface area contributed by atoms with Crippen molar-refractivity contribution in [1.29, 1.82) is 0 Å². The van der Waals surface area contributed by atoms with Gasteiger partial charge >= 0.3 is 0 Å². The quantitative estimate of drug-likeness (QED) is 0.407. The predicted octanol–water partition coefficient (Wildman–Crippen LogP) is 3.21. The molecule has 1 aliphatic heterocycles. The summed E-state index contributed by atoms with van der Waals surface area (Å²) in [5.41, 5.74) is 1.03. The summed E-state index contributed by atoms with van der Waals surface area (Å²) in [6, 6.07) is 3.97. The molecule has 0 radical (unpaired) electrons. The highest BCUT2D eigenvalue weighted by Crippen LogP contribution is 2.25. The number of nitrogens with zero attached hydrogens (tertiary/aromatic N) is 2. The normalized spacial score (nSPS) is 17.8. The first-order chi connectivity index (χ1) is 11.8. The average Bonchev–Trinajstić information content (AvgIpc) is 3.12. The second kappa shape index (κ2) is 11.2. The topological polar surface area (TPSA) is 58.5 Å². The van der Waals surface area contributed by atoms with Crippen LogP contribution in [0.2, 0.25) is 0 Å². The van der Waals surface area contributed by atoms with E-state index >= 15 is 0 Å². The van der Waals surface area contributed by atoms with Gasteiger partial charge in [0.1, 0.15) is 0 Å². The van der Waals surface area contributed by atoms with Gasteiger partial charge in [-0.25, -0.2) is 9.98 Å². The number of hydrogen-bond acceptors (Lipinski definition) is 4. The van der Waals surface area contributed by atoms with Crippen LogP contribution in [0.5, 0.6) is 5.88 Å². The van der Waals surface area contributed by atoms with E-state index in [4.69, 9.17) is 9.73 Å². The molecule has 1 aromatic heterocycles. The van der Waals surface area contributed by atoms with E-state index in [9.17, 15) is 0 Å². The Morgan fingerprint density at radius 1 is 1.42 bits per heavy atom. The Balaban J connectivity index is 1.91. The Labute approximate surface area is 150 Å². The van der Waals surface area contributed by atoms with Gasteiger partial charge in [-0.05, 0) is 38.0 Å². The van der Waals surface area contributed by atoms with Gasteiger partial charge in [0.2, 0.25) is 5.88 Å². The second-order valence-electron chi connectivity index (χ2n) is 5.88. The molecule has 1 saturated heterocycles. The minimum Gasteiger partial charge on any atom is -0.477 e. The van der Waals surface area contributed by atoms with Crippen LogP contribution >= 0.6 is 11.8 Å². The Bertz CT molecular complexity index is 504. The lowest BCUT2D eigenvalue weighted by atomic mass is 10.2. The molecule has 0 amide bonds. The van der Waals surface area contributed by atoms with Crippen LogP contribution in [-0.4, -0.2) is 41.6 Å². The van der Waals surface area contributed by atoms with Gasteiger partial charge in [0, 0.05) is 30.1 Å². The van der Waals surface area contributed by atoms with Gasteiger partial charge < -0.3 is 15.4 Å². The van der Waals surface area contributed by atoms with E-state index in [1.54, 1.807) is 6.20 Å². The monoisotopic (exact) mass is 350 g/mol. The van der Waals surface area contributed by atoms with Gasteiger partial charge in [-0.15, -0.1) is 0 Å². The van der Waals surface area contributed by atoms with Crippen molar-refractivity contribution in [1.82, 2.24) is 15.6 Å². The van der Waals surface area contributed by atoms with Gasteiger partial charge in [0.25, 0.3) is 0 Å². The first-order valence-electron chi connectivity index (χ1n) is 9.04. The van der Waals surface area contributed by atoms with Crippen LogP contribution in [0, 0.1) is 0 Å². The molecular formula is C18H30N4OS. The molecule has 2 rings (SSSR count). The van der Waals surface area contributed by atoms with Crippen LogP contribution in [0.3, 0.4) is 0 Å². The predicted molar refractivity (Wildman–Crippen MR) is 103 cm³/mol. The highest BCUT2D eigenvalue weighted by Gasteiger charge is 2.15. The van der Waals surface area contributed by atoms with Crippen LogP contribution in [0.25, 0.3) is 0 Å². The summed E-state index contributed by atoms with van der Waals surface area (Å²) in [6.07, 6.45) is 6.57. The van der Waals surface area contributed by atoms with E-state index in [-0.39, 0.29) is 0 Å². The maximum absolute atomic E-state index is 5.79. The van der Waals surface area contributed by atoms with Gasteiger partial charge in [-0.1, -0.05) is 19.4 Å². The molecule has 0 aliphatic carbocycles. The third-order valence-electron chi connectivity index (χ3n) is 3.86. The molecule has 24 heavy (non-hydrogen) atoms. The fourth-order valence-corrected chi connectivity index (χ4v) is 3.71. The van der Waals surface area contributed by atoms with Gasteiger partial charge in [-0.3, -0.25) is 0 Å². The highest BCUT2D eigenvalue weighted by atomic mass is 32.2. The fraction of sp³-hybridized carbons (Fsp3) is 0.667. The molecule has 5 nitrogen and oxygen atoms in total. The fourth-order valence-electron chi connectivity index (χ4n) is 2.51. The van der Waals surface area contributed by atoms with Crippen molar-refractivity contribution in [2.24, 2.45) is 4.99 Å². The van der Waals surface area contributed by atoms with Crippen molar-refractivity contribution in [3.8, 4) is 5.88 Å². The Morgan fingerprint density at radius 3 is 3.08 bits per heavy atom. The van der Waals surface area contributed by atoms with Gasteiger partial charge in [-0.2, -0.15) is 11.8 Å². The first kappa shape index (κ1) is 18.9. The Kier molecular flexibility index (Phi) is 8.81. The summed E-state index contributed by atoms with van der Waals surface area (Å²) in [7, 11) is 0. The standard InChI is InChI=1S/C18H30N4OS/c1-3-5-11-23-17-15(8-6-10-20-17)13-21-18(19-4-2)22-14-16-9-7-12-24-16/h6,8,10,16H,3-5,7,9,11-14H2,1-2H3,(H2,19,21,22). The summed E-state index contributed by atoms with van der Waals surface area (Å²) < 4.78 is 5.79. The molecule has 0 saturated carbocycles. The van der Waals surface area contributed by atoms with Crippen molar-refractivity contribution in [3.05, 3.63) is 23.9 Å². The molecular weight excluding hydrogens is 320 g/mol. The molecule has 2 N–H and O–H groups in total. The number of guanidine groups is 1. The molecule has 1 atom stereocenters. The van der Waals surface area contributed by atoms with E-state index in [1.807, 2.05) is 12.1 Å². The molecule has 134 valence electrons. The second-order valence-corrected chi connectivity index (χ2v) is 7.29. The smallest absolute Gasteiger partial charge is 0.218 e. The molecule has 0 aromatic carbocycles. The number of aromatic nitrogens is 1. The summed E-state index contributed by atoms with van der Waals surface area (Å²) in [5.74, 6) is 2.86. The number of nitrogens with one attached hydrogen (secondary N) is 2. The molecule has 1 fully saturated rings. The summed E-state index contributed by atoms with van der Waals surface area (Å²) in [6.45, 7) is 7.36. The lowest BCUT2D eigenvalue weighted by Gasteiger charge is -2.15. The zero-order valence-corrected chi connectivity index (χ0v) is 15.7. The average molecular weight is 351 g/mol. The molecule has 2 heterocycles. The summed E-state index contributed by atoms with van der Waals surface area (Å²) >= 11 is 2.06. The maximum Gasteiger partial charge on any atom is 0.218 e. The first-order valence-corrected chi connectivity index (χ1v) is 10.1. The Hall–Kier alpha value is -1.43. The number of unbranched alkanes of at least 4 members (excludes halogenated alkanes) is 1. The highest BCUT2D eigenvalue weighted by molar-refractivity contribution is 8.00. The SMILES string of the molecule is CCCCOc1ncccc1CN=C(NCC)NCC1CCCS1. The molecule has 1 aromatic rings. The minimum atomic E-state index is 0.572. The largest absolute Gasteiger partial charge is 0.477 e. The van der Waals surface area contributed by atoms with Crippen molar-refractivity contribution in [3.63, 3.8) is 0 Å². The number of thioether (sulfide) groups is 1. The van der Waals surface area contributed by atoms with Crippen molar-refractivity contribution >= 4 is 17.7 Å². The number of ether oxygens (including phenoxy) is 1. The number of pyridine rings is 1. The van der Waals surface area contributed by atoms with Gasteiger partial charge in [0.15, 0.2) is 5.96 Å². The zero-order valence-electron chi connectivity index (χ0n) is 14.9. The van der Waals surface area contributed by atoms with Crippen molar-refractivity contribution in [2.75, 3.05) is 25.4 Å². The molecule has 0 spiro atoms. The van der Waals surface area contributed by atoms with E-state index in [2.05, 4.69) is 41.2 Å². The van der Waals surface area contributed by atoms with Crippen LogP contribution in [-0.2, 0) is 6.54 Å². The lowest BCUT2D eigenvalue weighted by Crippen LogP contribution is -2.40. The Morgan fingerprint density at radius 2 is 2.33 bits per heavy atom. The molecule has 1 aliphatic rings. The zero-order chi connectivity index (χ0) is 17.0. The molecule has 6 heteroatoms. The van der Waals surface area contributed by atoms with Crippen LogP contribution in [0.1, 0.15) is 45.1 Å². The number of hydrogen-bond donors (Lipinski definition) is 2. The van der Waals surface area contributed by atoms with Crippen molar-refractivity contribution in [2.45, 2.75) is 51.3 Å². The van der Waals surface area contributed by atoms with E-state index < -0.39 is 0 Å². The molecule has 1 unspecified atom stereocenters. The number of aliphatic imine (C=N–C) groups is 1.